The highest BCUT2D eigenvalue weighted by Crippen LogP contribution is 2.25. The fourth-order valence-electron chi connectivity index (χ4n) is 2.20. The Balaban J connectivity index is 2.02. The fraction of sp³-hybridized carbons (Fsp3) is 0.0556. The minimum Gasteiger partial charge on any atom is -0.507 e. The van der Waals surface area contributed by atoms with Crippen molar-refractivity contribution < 1.29 is 5.11 Å². The molecule has 20 heavy (non-hydrogen) atoms. The lowest BCUT2D eigenvalue weighted by atomic mass is 10.1. The standard InChI is InChI=1S/C18H15NO/c1-13-6-2-5-9-17(13)19-12-16-10-14-7-3-4-8-15(14)11-18(16)20/h2-12,20H,1H3. The molecule has 0 unspecified atom stereocenters. The molecule has 0 aliphatic rings. The molecule has 0 atom stereocenters. The fourth-order valence-corrected chi connectivity index (χ4v) is 2.20. The third-order valence-electron chi connectivity index (χ3n) is 3.35. The van der Waals surface area contributed by atoms with Crippen molar-refractivity contribution in [3.63, 3.8) is 0 Å². The summed E-state index contributed by atoms with van der Waals surface area (Å²) in [5, 5.41) is 12.2. The normalized spacial score (nSPS) is 11.2. The number of benzene rings is 3. The maximum absolute atomic E-state index is 10.1. The van der Waals surface area contributed by atoms with Gasteiger partial charge in [0.2, 0.25) is 0 Å². The lowest BCUT2D eigenvalue weighted by Crippen LogP contribution is -1.84. The molecule has 0 heterocycles. The van der Waals surface area contributed by atoms with Crippen LogP contribution in [0.5, 0.6) is 5.75 Å². The molecule has 3 aromatic carbocycles. The van der Waals surface area contributed by atoms with Crippen LogP contribution in [0.15, 0.2) is 65.7 Å². The predicted octanol–water partition coefficient (Wildman–Crippen LogP) is 4.60. The van der Waals surface area contributed by atoms with E-state index in [9.17, 15) is 5.11 Å². The number of aliphatic imine (C=N–C) groups is 1. The summed E-state index contributed by atoms with van der Waals surface area (Å²) >= 11 is 0. The molecule has 3 aromatic rings. The first kappa shape index (κ1) is 12.4. The van der Waals surface area contributed by atoms with E-state index in [0.29, 0.717) is 0 Å². The van der Waals surface area contributed by atoms with Crippen molar-refractivity contribution in [2.24, 2.45) is 4.99 Å². The highest BCUT2D eigenvalue weighted by Gasteiger charge is 2.01. The zero-order valence-corrected chi connectivity index (χ0v) is 11.2. The number of hydrogen-bond donors (Lipinski definition) is 1. The van der Waals surface area contributed by atoms with Gasteiger partial charge in [-0.3, -0.25) is 4.99 Å². The average Bonchev–Trinajstić information content (AvgIpc) is 2.46. The molecule has 0 bridgehead atoms. The first-order chi connectivity index (χ1) is 9.74. The van der Waals surface area contributed by atoms with Crippen LogP contribution in [0.2, 0.25) is 0 Å². The summed E-state index contributed by atoms with van der Waals surface area (Å²) in [6, 6.07) is 19.6. The number of aromatic hydroxyl groups is 1. The molecule has 1 N–H and O–H groups in total. The second-order valence-electron chi connectivity index (χ2n) is 4.80. The zero-order chi connectivity index (χ0) is 13.9. The summed E-state index contributed by atoms with van der Waals surface area (Å²) in [4.78, 5) is 4.46. The molecular weight excluding hydrogens is 246 g/mol. The minimum atomic E-state index is 0.251. The molecule has 2 heteroatoms. The van der Waals surface area contributed by atoms with Gasteiger partial charge in [0, 0.05) is 11.8 Å². The van der Waals surface area contributed by atoms with E-state index in [1.807, 2.05) is 61.5 Å². The van der Waals surface area contributed by atoms with Gasteiger partial charge in [-0.05, 0) is 41.5 Å². The van der Waals surface area contributed by atoms with Gasteiger partial charge >= 0.3 is 0 Å². The van der Waals surface area contributed by atoms with E-state index < -0.39 is 0 Å². The molecule has 0 aliphatic heterocycles. The first-order valence-electron chi connectivity index (χ1n) is 6.55. The molecule has 2 nitrogen and oxygen atoms in total. The van der Waals surface area contributed by atoms with Crippen molar-refractivity contribution in [1.82, 2.24) is 0 Å². The Morgan fingerprint density at radius 3 is 2.30 bits per heavy atom. The van der Waals surface area contributed by atoms with Crippen molar-refractivity contribution in [2.75, 3.05) is 0 Å². The number of phenolic OH excluding ortho intramolecular Hbond substituents is 1. The van der Waals surface area contributed by atoms with Crippen LogP contribution in [0.3, 0.4) is 0 Å². The van der Waals surface area contributed by atoms with Crippen molar-refractivity contribution in [3.8, 4) is 5.75 Å². The van der Waals surface area contributed by atoms with Crippen LogP contribution in [0.25, 0.3) is 10.8 Å². The molecular formula is C18H15NO. The number of nitrogens with zero attached hydrogens (tertiary/aromatic N) is 1. The van der Waals surface area contributed by atoms with E-state index in [0.717, 1.165) is 27.6 Å². The van der Waals surface area contributed by atoms with E-state index >= 15 is 0 Å². The average molecular weight is 261 g/mol. The van der Waals surface area contributed by atoms with Gasteiger partial charge in [-0.1, -0.05) is 42.5 Å². The van der Waals surface area contributed by atoms with Crippen molar-refractivity contribution >= 4 is 22.7 Å². The summed E-state index contributed by atoms with van der Waals surface area (Å²) in [7, 11) is 0. The van der Waals surface area contributed by atoms with Gasteiger partial charge in [0.05, 0.1) is 5.69 Å². The third kappa shape index (κ3) is 2.41. The Bertz CT molecular complexity index is 790. The topological polar surface area (TPSA) is 32.6 Å². The van der Waals surface area contributed by atoms with Crippen LogP contribution in [0.1, 0.15) is 11.1 Å². The predicted molar refractivity (Wildman–Crippen MR) is 84.0 cm³/mol. The van der Waals surface area contributed by atoms with Crippen molar-refractivity contribution in [2.45, 2.75) is 6.92 Å². The van der Waals surface area contributed by atoms with Crippen LogP contribution in [0.4, 0.5) is 5.69 Å². The number of phenols is 1. The van der Waals surface area contributed by atoms with Gasteiger partial charge in [0.25, 0.3) is 0 Å². The maximum Gasteiger partial charge on any atom is 0.124 e. The molecule has 0 aliphatic carbocycles. The van der Waals surface area contributed by atoms with Gasteiger partial charge in [-0.15, -0.1) is 0 Å². The Morgan fingerprint density at radius 1 is 0.900 bits per heavy atom. The summed E-state index contributed by atoms with van der Waals surface area (Å²) in [6.07, 6.45) is 1.71. The van der Waals surface area contributed by atoms with Crippen LogP contribution in [0, 0.1) is 6.92 Å². The summed E-state index contributed by atoms with van der Waals surface area (Å²) in [6.45, 7) is 2.02. The SMILES string of the molecule is Cc1ccccc1N=Cc1cc2ccccc2cc1O. The number of hydrogen-bond acceptors (Lipinski definition) is 2. The molecule has 0 amide bonds. The van der Waals surface area contributed by atoms with Crippen LogP contribution in [-0.2, 0) is 0 Å². The van der Waals surface area contributed by atoms with Gasteiger partial charge < -0.3 is 5.11 Å². The lowest BCUT2D eigenvalue weighted by molar-refractivity contribution is 0.475. The van der Waals surface area contributed by atoms with E-state index in [1.54, 1.807) is 12.3 Å². The van der Waals surface area contributed by atoms with E-state index in [-0.39, 0.29) is 5.75 Å². The second kappa shape index (κ2) is 5.17. The zero-order valence-electron chi connectivity index (χ0n) is 11.2. The molecule has 3 rings (SSSR count). The Morgan fingerprint density at radius 2 is 1.55 bits per heavy atom. The molecule has 0 radical (unpaired) electrons. The molecule has 0 saturated carbocycles. The van der Waals surface area contributed by atoms with E-state index in [4.69, 9.17) is 0 Å². The highest BCUT2D eigenvalue weighted by molar-refractivity contribution is 5.94. The molecule has 0 spiro atoms. The Labute approximate surface area is 118 Å². The summed E-state index contributed by atoms with van der Waals surface area (Å²) in [5.74, 6) is 0.251. The molecule has 0 aromatic heterocycles. The largest absolute Gasteiger partial charge is 0.507 e. The van der Waals surface area contributed by atoms with Crippen LogP contribution < -0.4 is 0 Å². The molecule has 98 valence electrons. The van der Waals surface area contributed by atoms with Crippen LogP contribution >= 0.6 is 0 Å². The number of rotatable bonds is 2. The molecule has 0 fully saturated rings. The summed E-state index contributed by atoms with van der Waals surface area (Å²) in [5.41, 5.74) is 2.76. The third-order valence-corrected chi connectivity index (χ3v) is 3.35. The molecule has 0 saturated heterocycles. The van der Waals surface area contributed by atoms with Crippen molar-refractivity contribution in [1.29, 1.82) is 0 Å². The minimum absolute atomic E-state index is 0.251. The second-order valence-corrected chi connectivity index (χ2v) is 4.80. The van der Waals surface area contributed by atoms with Crippen molar-refractivity contribution in [3.05, 3.63) is 71.8 Å². The maximum atomic E-state index is 10.1. The lowest BCUT2D eigenvalue weighted by Gasteiger charge is -2.03. The number of aryl methyl sites for hydroxylation is 1. The first-order valence-corrected chi connectivity index (χ1v) is 6.55. The van der Waals surface area contributed by atoms with Gasteiger partial charge in [-0.2, -0.15) is 0 Å². The summed E-state index contributed by atoms with van der Waals surface area (Å²) < 4.78 is 0. The Kier molecular flexibility index (Phi) is 3.21. The smallest absolute Gasteiger partial charge is 0.124 e. The number of para-hydroxylation sites is 1. The quantitative estimate of drug-likeness (QED) is 0.671. The Hall–Kier alpha value is -2.61. The van der Waals surface area contributed by atoms with Crippen LogP contribution in [-0.4, -0.2) is 11.3 Å². The van der Waals surface area contributed by atoms with Gasteiger partial charge in [-0.25, -0.2) is 0 Å². The number of fused-ring (bicyclic) bond motifs is 1. The van der Waals surface area contributed by atoms with Gasteiger partial charge in [0.15, 0.2) is 0 Å². The monoisotopic (exact) mass is 261 g/mol. The van der Waals surface area contributed by atoms with E-state index in [2.05, 4.69) is 4.99 Å². The highest BCUT2D eigenvalue weighted by atomic mass is 16.3. The van der Waals surface area contributed by atoms with E-state index in [1.165, 1.54) is 0 Å². The van der Waals surface area contributed by atoms with Gasteiger partial charge in [0.1, 0.15) is 5.75 Å².